The van der Waals surface area contributed by atoms with E-state index in [2.05, 4.69) is 5.32 Å². The zero-order valence-corrected chi connectivity index (χ0v) is 25.6. The molecule has 0 heterocycles. The summed E-state index contributed by atoms with van der Waals surface area (Å²) in [6, 6.07) is 19.3. The summed E-state index contributed by atoms with van der Waals surface area (Å²) in [6.07, 6.45) is 4.31. The fourth-order valence-corrected chi connectivity index (χ4v) is 6.90. The Morgan fingerprint density at radius 2 is 1.66 bits per heavy atom. The van der Waals surface area contributed by atoms with Crippen LogP contribution in [0.25, 0.3) is 0 Å². The topological polar surface area (TPSA) is 86.8 Å². The number of nitrogens with one attached hydrogen (secondary N) is 1. The number of hydrogen-bond donors (Lipinski definition) is 1. The number of carbonyl (C=O) groups excluding carboxylic acids is 2. The molecule has 0 bridgehead atoms. The molecule has 10 heteroatoms. The van der Waals surface area contributed by atoms with Gasteiger partial charge in [-0.05, 0) is 62.1 Å². The van der Waals surface area contributed by atoms with Crippen molar-refractivity contribution in [3.63, 3.8) is 0 Å². The number of hydrogen-bond acceptors (Lipinski definition) is 4. The first-order valence-corrected chi connectivity index (χ1v) is 16.0. The van der Waals surface area contributed by atoms with Gasteiger partial charge in [0.15, 0.2) is 0 Å². The fraction of sp³-hybridized carbons (Fsp3) is 0.355. The number of sulfonamides is 1. The second-order valence-corrected chi connectivity index (χ2v) is 13.0. The summed E-state index contributed by atoms with van der Waals surface area (Å²) in [5.74, 6) is -0.738. The zero-order valence-electron chi connectivity index (χ0n) is 23.2. The number of halogens is 2. The Morgan fingerprint density at radius 3 is 2.29 bits per heavy atom. The van der Waals surface area contributed by atoms with E-state index in [1.807, 2.05) is 38.1 Å². The monoisotopic (exact) mass is 615 g/mol. The molecule has 1 saturated carbocycles. The molecule has 2 amide bonds. The van der Waals surface area contributed by atoms with E-state index in [4.69, 9.17) is 23.2 Å². The molecule has 218 valence electrons. The van der Waals surface area contributed by atoms with E-state index in [0.717, 1.165) is 41.1 Å². The zero-order chi connectivity index (χ0) is 29.6. The lowest BCUT2D eigenvalue weighted by Gasteiger charge is -2.34. The van der Waals surface area contributed by atoms with Crippen LogP contribution in [0.3, 0.4) is 0 Å². The smallest absolute Gasteiger partial charge is 0.264 e. The fourth-order valence-electron chi connectivity index (χ4n) is 5.18. The van der Waals surface area contributed by atoms with Gasteiger partial charge in [0.1, 0.15) is 12.6 Å². The maximum atomic E-state index is 14.2. The van der Waals surface area contributed by atoms with Gasteiger partial charge in [-0.25, -0.2) is 8.42 Å². The van der Waals surface area contributed by atoms with Gasteiger partial charge in [-0.3, -0.25) is 13.9 Å². The van der Waals surface area contributed by atoms with Gasteiger partial charge in [0.2, 0.25) is 11.8 Å². The molecule has 3 aromatic rings. The van der Waals surface area contributed by atoms with E-state index >= 15 is 0 Å². The van der Waals surface area contributed by atoms with E-state index in [0.29, 0.717) is 6.42 Å². The summed E-state index contributed by atoms with van der Waals surface area (Å²) in [7, 11) is -4.18. The quantitative estimate of drug-likeness (QED) is 0.272. The summed E-state index contributed by atoms with van der Waals surface area (Å²) >= 11 is 12.4. The summed E-state index contributed by atoms with van der Waals surface area (Å²) in [4.78, 5) is 29.2. The Morgan fingerprint density at radius 1 is 0.951 bits per heavy atom. The Balaban J connectivity index is 1.72. The maximum Gasteiger partial charge on any atom is 0.264 e. The molecule has 0 aliphatic heterocycles. The standard InChI is InChI=1S/C31H35Cl2N3O4S/c1-3-29(31(38)34-24-12-7-8-13-24)35(20-23-11-9-10-22(2)18-23)30(37)21-36(25-16-17-27(32)28(33)19-25)41(39,40)26-14-5-4-6-15-26/h4-6,9-11,14-19,24,29H,3,7-8,12-13,20-21H2,1-2H3,(H,34,38). The predicted molar refractivity (Wildman–Crippen MR) is 164 cm³/mol. The van der Waals surface area contributed by atoms with Crippen molar-refractivity contribution in [3.8, 4) is 0 Å². The lowest BCUT2D eigenvalue weighted by molar-refractivity contribution is -0.140. The first kappa shape index (κ1) is 30.9. The van der Waals surface area contributed by atoms with Gasteiger partial charge < -0.3 is 10.2 Å². The first-order valence-electron chi connectivity index (χ1n) is 13.8. The number of aryl methyl sites for hydroxylation is 1. The molecule has 41 heavy (non-hydrogen) atoms. The van der Waals surface area contributed by atoms with Crippen LogP contribution >= 0.6 is 23.2 Å². The Labute approximate surface area is 252 Å². The van der Waals surface area contributed by atoms with Crippen LogP contribution in [0.15, 0.2) is 77.7 Å². The van der Waals surface area contributed by atoms with Gasteiger partial charge in [0, 0.05) is 12.6 Å². The summed E-state index contributed by atoms with van der Waals surface area (Å²) in [6.45, 7) is 3.43. The predicted octanol–water partition coefficient (Wildman–Crippen LogP) is 6.36. The molecular weight excluding hydrogens is 581 g/mol. The minimum Gasteiger partial charge on any atom is -0.352 e. The van der Waals surface area contributed by atoms with Gasteiger partial charge in [-0.2, -0.15) is 0 Å². The highest BCUT2D eigenvalue weighted by Crippen LogP contribution is 2.31. The number of amides is 2. The highest BCUT2D eigenvalue weighted by molar-refractivity contribution is 7.92. The van der Waals surface area contributed by atoms with Gasteiger partial charge in [0.05, 0.1) is 20.6 Å². The third-order valence-corrected chi connectivity index (χ3v) is 9.85. The molecule has 1 fully saturated rings. The van der Waals surface area contributed by atoms with Crippen molar-refractivity contribution >= 4 is 50.7 Å². The SMILES string of the molecule is CCC(C(=O)NC1CCCC1)N(Cc1cccc(C)c1)C(=O)CN(c1ccc(Cl)c(Cl)c1)S(=O)(=O)c1ccccc1. The Bertz CT molecular complexity index is 1480. The highest BCUT2D eigenvalue weighted by Gasteiger charge is 2.34. The number of carbonyl (C=O) groups is 2. The van der Waals surface area contributed by atoms with Crippen molar-refractivity contribution in [2.24, 2.45) is 0 Å². The molecule has 1 aliphatic rings. The average Bonchev–Trinajstić information content (AvgIpc) is 3.46. The molecule has 1 N–H and O–H groups in total. The molecule has 7 nitrogen and oxygen atoms in total. The van der Waals surface area contributed by atoms with Crippen LogP contribution in [-0.4, -0.2) is 43.8 Å². The lowest BCUT2D eigenvalue weighted by Crippen LogP contribution is -2.53. The van der Waals surface area contributed by atoms with Crippen molar-refractivity contribution in [3.05, 3.63) is 94.0 Å². The molecule has 4 rings (SSSR count). The second kappa shape index (κ2) is 13.7. The number of rotatable bonds is 11. The van der Waals surface area contributed by atoms with Crippen LogP contribution in [0, 0.1) is 6.92 Å². The normalized spacial score (nSPS) is 14.4. The van der Waals surface area contributed by atoms with E-state index in [1.165, 1.54) is 35.2 Å². The van der Waals surface area contributed by atoms with E-state index in [-0.39, 0.29) is 39.1 Å². The molecule has 1 atom stereocenters. The number of benzene rings is 3. The summed E-state index contributed by atoms with van der Waals surface area (Å²) in [5, 5.41) is 3.54. The minimum absolute atomic E-state index is 0.0233. The third kappa shape index (κ3) is 7.61. The van der Waals surface area contributed by atoms with Crippen molar-refractivity contribution in [1.82, 2.24) is 10.2 Å². The molecule has 1 aliphatic carbocycles. The van der Waals surface area contributed by atoms with Gasteiger partial charge in [-0.15, -0.1) is 0 Å². The van der Waals surface area contributed by atoms with Crippen molar-refractivity contribution in [1.29, 1.82) is 0 Å². The molecule has 0 aromatic heterocycles. The molecule has 0 saturated heterocycles. The second-order valence-electron chi connectivity index (χ2n) is 10.3. The molecule has 1 unspecified atom stereocenters. The maximum absolute atomic E-state index is 14.2. The number of nitrogens with zero attached hydrogens (tertiary/aromatic N) is 2. The van der Waals surface area contributed by atoms with Crippen LogP contribution in [-0.2, 0) is 26.2 Å². The molecule has 0 radical (unpaired) electrons. The van der Waals surface area contributed by atoms with Gasteiger partial charge in [-0.1, -0.05) is 91.0 Å². The van der Waals surface area contributed by atoms with E-state index in [1.54, 1.807) is 18.2 Å². The minimum atomic E-state index is -4.18. The van der Waals surface area contributed by atoms with E-state index in [9.17, 15) is 18.0 Å². The average molecular weight is 617 g/mol. The van der Waals surface area contributed by atoms with Crippen LogP contribution in [0.4, 0.5) is 5.69 Å². The van der Waals surface area contributed by atoms with Crippen molar-refractivity contribution < 1.29 is 18.0 Å². The lowest BCUT2D eigenvalue weighted by atomic mass is 10.1. The van der Waals surface area contributed by atoms with Crippen molar-refractivity contribution in [2.45, 2.75) is 69.5 Å². The van der Waals surface area contributed by atoms with E-state index < -0.39 is 28.5 Å². The van der Waals surface area contributed by atoms with Crippen LogP contribution in [0.1, 0.15) is 50.2 Å². The Kier molecular flexibility index (Phi) is 10.3. The molecular formula is C31H35Cl2N3O4S. The molecule has 3 aromatic carbocycles. The largest absolute Gasteiger partial charge is 0.352 e. The highest BCUT2D eigenvalue weighted by atomic mass is 35.5. The number of anilines is 1. The molecule has 0 spiro atoms. The first-order chi connectivity index (χ1) is 19.6. The van der Waals surface area contributed by atoms with Crippen LogP contribution < -0.4 is 9.62 Å². The van der Waals surface area contributed by atoms with Crippen molar-refractivity contribution in [2.75, 3.05) is 10.8 Å². The Hall–Kier alpha value is -3.07. The van der Waals surface area contributed by atoms with Gasteiger partial charge >= 0.3 is 0 Å². The van der Waals surface area contributed by atoms with Crippen LogP contribution in [0.5, 0.6) is 0 Å². The van der Waals surface area contributed by atoms with Gasteiger partial charge in [0.25, 0.3) is 10.0 Å². The van der Waals surface area contributed by atoms with Crippen LogP contribution in [0.2, 0.25) is 10.0 Å². The summed E-state index contributed by atoms with van der Waals surface area (Å²) in [5.41, 5.74) is 2.05. The summed E-state index contributed by atoms with van der Waals surface area (Å²) < 4.78 is 28.8. The third-order valence-electron chi connectivity index (χ3n) is 7.32.